The van der Waals surface area contributed by atoms with E-state index < -0.39 is 0 Å². The zero-order valence-corrected chi connectivity index (χ0v) is 13.6. The van der Waals surface area contributed by atoms with Gasteiger partial charge in [0, 0.05) is 30.9 Å². The molecule has 3 rings (SSSR count). The zero-order chi connectivity index (χ0) is 16.9. The predicted molar refractivity (Wildman–Crippen MR) is 92.0 cm³/mol. The third kappa shape index (κ3) is 3.56. The number of methoxy groups -OCH3 is 1. The number of hydrogen-bond donors (Lipinski definition) is 2. The molecule has 2 amide bonds. The molecule has 1 aromatic carbocycles. The number of urea groups is 1. The molecular weight excluding hydrogens is 306 g/mol. The van der Waals surface area contributed by atoms with Gasteiger partial charge in [-0.1, -0.05) is 12.1 Å². The van der Waals surface area contributed by atoms with Gasteiger partial charge in [-0.2, -0.15) is 0 Å². The first kappa shape index (κ1) is 16.0. The Hall–Kier alpha value is -2.83. The standard InChI is InChI=1S/C17H21N5O2/c1-24-15-5-3-2-4-14(15)21-17(23)22-10-7-12(8-11-22)13-6-9-19-16(18)20-13/h2-6,9,12H,7-8,10-11H2,1H3,(H,21,23)(H2,18,19,20). The van der Waals surface area contributed by atoms with Crippen molar-refractivity contribution in [3.8, 4) is 5.75 Å². The summed E-state index contributed by atoms with van der Waals surface area (Å²) in [5, 5.41) is 2.91. The van der Waals surface area contributed by atoms with E-state index in [1.165, 1.54) is 0 Å². The van der Waals surface area contributed by atoms with Gasteiger partial charge in [-0.05, 0) is 31.0 Å². The van der Waals surface area contributed by atoms with Gasteiger partial charge < -0.3 is 20.7 Å². The quantitative estimate of drug-likeness (QED) is 0.903. The Kier molecular flexibility index (Phi) is 4.79. The highest BCUT2D eigenvalue weighted by Crippen LogP contribution is 2.28. The van der Waals surface area contributed by atoms with Crippen LogP contribution in [0.25, 0.3) is 0 Å². The first-order chi connectivity index (χ1) is 11.7. The minimum absolute atomic E-state index is 0.111. The summed E-state index contributed by atoms with van der Waals surface area (Å²) in [5.41, 5.74) is 7.27. The molecule has 2 aromatic rings. The van der Waals surface area contributed by atoms with Gasteiger partial charge in [0.25, 0.3) is 0 Å². The fraction of sp³-hybridized carbons (Fsp3) is 0.353. The molecule has 0 radical (unpaired) electrons. The number of benzene rings is 1. The molecule has 0 unspecified atom stereocenters. The van der Waals surface area contributed by atoms with Crippen LogP contribution in [0.2, 0.25) is 0 Å². The number of piperidine rings is 1. The molecule has 24 heavy (non-hydrogen) atoms. The number of rotatable bonds is 3. The van der Waals surface area contributed by atoms with Crippen LogP contribution in [0.15, 0.2) is 36.5 Å². The highest BCUT2D eigenvalue weighted by atomic mass is 16.5. The highest BCUT2D eigenvalue weighted by molar-refractivity contribution is 5.91. The Morgan fingerprint density at radius 1 is 1.29 bits per heavy atom. The van der Waals surface area contributed by atoms with Crippen molar-refractivity contribution in [1.82, 2.24) is 14.9 Å². The molecule has 3 N–H and O–H groups in total. The Morgan fingerprint density at radius 3 is 2.75 bits per heavy atom. The summed E-state index contributed by atoms with van der Waals surface area (Å²) >= 11 is 0. The average Bonchev–Trinajstić information content (AvgIpc) is 2.62. The van der Waals surface area contributed by atoms with Crippen molar-refractivity contribution in [2.75, 3.05) is 31.2 Å². The molecular formula is C17H21N5O2. The summed E-state index contributed by atoms with van der Waals surface area (Å²) in [4.78, 5) is 22.5. The van der Waals surface area contributed by atoms with Crippen LogP contribution in [0.3, 0.4) is 0 Å². The van der Waals surface area contributed by atoms with E-state index in [9.17, 15) is 4.79 Å². The van der Waals surface area contributed by atoms with Crippen molar-refractivity contribution < 1.29 is 9.53 Å². The van der Waals surface area contributed by atoms with E-state index >= 15 is 0 Å². The molecule has 0 saturated carbocycles. The average molecular weight is 327 g/mol. The van der Waals surface area contributed by atoms with Crippen LogP contribution in [0.5, 0.6) is 5.75 Å². The molecule has 1 saturated heterocycles. The van der Waals surface area contributed by atoms with Crippen molar-refractivity contribution in [3.05, 3.63) is 42.2 Å². The van der Waals surface area contributed by atoms with E-state index in [2.05, 4.69) is 15.3 Å². The number of aromatic nitrogens is 2. The number of nitrogens with zero attached hydrogens (tertiary/aromatic N) is 3. The monoisotopic (exact) mass is 327 g/mol. The number of carbonyl (C=O) groups excluding carboxylic acids is 1. The molecule has 1 aromatic heterocycles. The fourth-order valence-corrected chi connectivity index (χ4v) is 2.94. The van der Waals surface area contributed by atoms with Gasteiger partial charge in [-0.15, -0.1) is 0 Å². The molecule has 0 spiro atoms. The smallest absolute Gasteiger partial charge is 0.321 e. The normalized spacial score (nSPS) is 15.1. The lowest BCUT2D eigenvalue weighted by atomic mass is 9.93. The van der Waals surface area contributed by atoms with Crippen LogP contribution in [0.4, 0.5) is 16.4 Å². The molecule has 0 bridgehead atoms. The van der Waals surface area contributed by atoms with E-state index in [0.717, 1.165) is 18.5 Å². The van der Waals surface area contributed by atoms with Crippen molar-refractivity contribution in [2.24, 2.45) is 0 Å². The molecule has 1 aliphatic heterocycles. The number of hydrogen-bond acceptors (Lipinski definition) is 5. The van der Waals surface area contributed by atoms with Gasteiger partial charge in [0.1, 0.15) is 5.75 Å². The lowest BCUT2D eigenvalue weighted by Crippen LogP contribution is -2.40. The third-order valence-electron chi connectivity index (χ3n) is 4.24. The molecule has 7 nitrogen and oxygen atoms in total. The topological polar surface area (TPSA) is 93.4 Å². The highest BCUT2D eigenvalue weighted by Gasteiger charge is 2.25. The lowest BCUT2D eigenvalue weighted by Gasteiger charge is -2.31. The molecule has 1 aliphatic rings. The van der Waals surface area contributed by atoms with Gasteiger partial charge in [0.15, 0.2) is 0 Å². The number of nitrogens with one attached hydrogen (secondary N) is 1. The number of carbonyl (C=O) groups is 1. The molecule has 0 aliphatic carbocycles. The number of amides is 2. The number of anilines is 2. The van der Waals surface area contributed by atoms with Crippen LogP contribution in [-0.2, 0) is 0 Å². The summed E-state index contributed by atoms with van der Waals surface area (Å²) in [6, 6.07) is 9.16. The van der Waals surface area contributed by atoms with E-state index in [0.29, 0.717) is 36.4 Å². The Bertz CT molecular complexity index is 714. The predicted octanol–water partition coefficient (Wildman–Crippen LogP) is 2.48. The summed E-state index contributed by atoms with van der Waals surface area (Å²) < 4.78 is 5.26. The van der Waals surface area contributed by atoms with Gasteiger partial charge in [0.2, 0.25) is 5.95 Å². The second-order valence-electron chi connectivity index (χ2n) is 5.73. The number of nitrogens with two attached hydrogens (primary N) is 1. The van der Waals surface area contributed by atoms with Crippen LogP contribution in [0.1, 0.15) is 24.5 Å². The molecule has 7 heteroatoms. The van der Waals surface area contributed by atoms with Crippen molar-refractivity contribution >= 4 is 17.7 Å². The second kappa shape index (κ2) is 7.16. The summed E-state index contributed by atoms with van der Waals surface area (Å²) in [6.45, 7) is 1.35. The maximum atomic E-state index is 12.4. The first-order valence-electron chi connectivity index (χ1n) is 7.94. The largest absolute Gasteiger partial charge is 0.495 e. The van der Waals surface area contributed by atoms with E-state index in [4.69, 9.17) is 10.5 Å². The third-order valence-corrected chi connectivity index (χ3v) is 4.24. The molecule has 126 valence electrons. The minimum Gasteiger partial charge on any atom is -0.495 e. The van der Waals surface area contributed by atoms with Crippen molar-refractivity contribution in [1.29, 1.82) is 0 Å². The van der Waals surface area contributed by atoms with E-state index in [1.807, 2.05) is 35.2 Å². The number of ether oxygens (including phenoxy) is 1. The van der Waals surface area contributed by atoms with Crippen LogP contribution in [-0.4, -0.2) is 41.1 Å². The fourth-order valence-electron chi connectivity index (χ4n) is 2.94. The summed E-state index contributed by atoms with van der Waals surface area (Å²) in [6.07, 6.45) is 3.39. The van der Waals surface area contributed by atoms with Gasteiger partial charge in [-0.25, -0.2) is 14.8 Å². The Balaban J connectivity index is 1.59. The van der Waals surface area contributed by atoms with Crippen molar-refractivity contribution in [3.63, 3.8) is 0 Å². The minimum atomic E-state index is -0.111. The van der Waals surface area contributed by atoms with Crippen LogP contribution < -0.4 is 15.8 Å². The zero-order valence-electron chi connectivity index (χ0n) is 13.6. The second-order valence-corrected chi connectivity index (χ2v) is 5.73. The molecule has 1 fully saturated rings. The Morgan fingerprint density at radius 2 is 2.04 bits per heavy atom. The van der Waals surface area contributed by atoms with E-state index in [-0.39, 0.29) is 6.03 Å². The number of likely N-dealkylation sites (tertiary alicyclic amines) is 1. The summed E-state index contributed by atoms with van der Waals surface area (Å²) in [5.74, 6) is 1.26. The lowest BCUT2D eigenvalue weighted by molar-refractivity contribution is 0.194. The van der Waals surface area contributed by atoms with Gasteiger partial charge in [-0.3, -0.25) is 0 Å². The van der Waals surface area contributed by atoms with Crippen molar-refractivity contribution in [2.45, 2.75) is 18.8 Å². The van der Waals surface area contributed by atoms with Crippen LogP contribution in [0, 0.1) is 0 Å². The SMILES string of the molecule is COc1ccccc1NC(=O)N1CCC(c2ccnc(N)n2)CC1. The van der Waals surface area contributed by atoms with Gasteiger partial charge >= 0.3 is 6.03 Å². The maximum Gasteiger partial charge on any atom is 0.321 e. The summed E-state index contributed by atoms with van der Waals surface area (Å²) in [7, 11) is 1.59. The number of nitrogen functional groups attached to an aromatic ring is 1. The van der Waals surface area contributed by atoms with Gasteiger partial charge in [0.05, 0.1) is 12.8 Å². The first-order valence-corrected chi connectivity index (χ1v) is 7.94. The van der Waals surface area contributed by atoms with E-state index in [1.54, 1.807) is 13.3 Å². The maximum absolute atomic E-state index is 12.4. The molecule has 0 atom stereocenters. The Labute approximate surface area is 140 Å². The molecule has 2 heterocycles. The number of para-hydroxylation sites is 2. The van der Waals surface area contributed by atoms with Crippen LogP contribution >= 0.6 is 0 Å².